The molecule has 3 fully saturated rings. The Morgan fingerprint density at radius 3 is 2.69 bits per heavy atom. The smallest absolute Gasteiger partial charge is 0.327 e. The van der Waals surface area contributed by atoms with Crippen molar-refractivity contribution >= 4 is 51.7 Å². The van der Waals surface area contributed by atoms with E-state index in [2.05, 4.69) is 36.2 Å². The molecule has 35 heavy (non-hydrogen) atoms. The maximum absolute atomic E-state index is 13.3. The molecule has 2 amide bonds. The second-order valence-electron chi connectivity index (χ2n) is 10.5. The van der Waals surface area contributed by atoms with Gasteiger partial charge in [0.25, 0.3) is 5.91 Å². The van der Waals surface area contributed by atoms with Crippen molar-refractivity contribution in [1.29, 1.82) is 0 Å². The molecule has 1 aliphatic carbocycles. The summed E-state index contributed by atoms with van der Waals surface area (Å²) < 4.78 is -0.682. The normalized spacial score (nSPS) is 32.2. The molecular weight excluding hydrogens is 490 g/mol. The fourth-order valence-corrected chi connectivity index (χ4v) is 7.49. The monoisotopic (exact) mass is 523 g/mol. The summed E-state index contributed by atoms with van der Waals surface area (Å²) in [6.45, 7) is 10.1. The zero-order valence-electron chi connectivity index (χ0n) is 20.6. The highest BCUT2D eigenvalue weighted by Gasteiger charge is 2.64. The van der Waals surface area contributed by atoms with Gasteiger partial charge in [-0.15, -0.1) is 23.1 Å². The number of rotatable bonds is 7. The van der Waals surface area contributed by atoms with Crippen LogP contribution in [0.3, 0.4) is 0 Å². The molecule has 10 nitrogen and oxygen atoms in total. The van der Waals surface area contributed by atoms with Gasteiger partial charge in [0.1, 0.15) is 29.3 Å². The first-order chi connectivity index (χ1) is 16.4. The Morgan fingerprint density at radius 2 is 2.09 bits per heavy atom. The highest BCUT2D eigenvalue weighted by molar-refractivity contribution is 8.01. The number of β-lactam (4-membered cyclic amide) rings is 1. The standard InChI is InChI=1S/C23H33N5O5S2/c1-10(2)12-7-6-11(3)8-14(12)33-27-15(13-9-34-22(24)25-13)18(29)26-16-19(30)28-17(21(31)32)23(4,5)35-20(16)28/h9-12,14,16-17,20H,6-8H2,1-5H3,(H2,24,25)(H,26,29)(H,31,32)/t11-,12+,14+,16+,17-,20+/m0/s1. The summed E-state index contributed by atoms with van der Waals surface area (Å²) in [6, 6.07) is -1.80. The van der Waals surface area contributed by atoms with Crippen LogP contribution in [0.1, 0.15) is 59.6 Å². The number of anilines is 1. The van der Waals surface area contributed by atoms with Crippen molar-refractivity contribution in [1.82, 2.24) is 15.2 Å². The molecule has 3 aliphatic rings. The molecule has 0 spiro atoms. The van der Waals surface area contributed by atoms with Gasteiger partial charge < -0.3 is 25.9 Å². The van der Waals surface area contributed by atoms with Gasteiger partial charge in [0, 0.05) is 16.0 Å². The fraction of sp³-hybridized carbons (Fsp3) is 0.696. The summed E-state index contributed by atoms with van der Waals surface area (Å²) in [4.78, 5) is 49.4. The number of aliphatic carboxylic acids is 1. The highest BCUT2D eigenvalue weighted by atomic mass is 32.2. The quantitative estimate of drug-likeness (QED) is 0.281. The van der Waals surface area contributed by atoms with E-state index in [9.17, 15) is 19.5 Å². The van der Waals surface area contributed by atoms with Crippen LogP contribution in [0.25, 0.3) is 0 Å². The van der Waals surface area contributed by atoms with Crippen LogP contribution < -0.4 is 11.1 Å². The highest BCUT2D eigenvalue weighted by Crippen LogP contribution is 2.50. The largest absolute Gasteiger partial charge is 0.480 e. The number of aromatic nitrogens is 1. The van der Waals surface area contributed by atoms with E-state index in [-0.39, 0.29) is 22.6 Å². The van der Waals surface area contributed by atoms with E-state index in [1.165, 1.54) is 28.0 Å². The van der Waals surface area contributed by atoms with Crippen molar-refractivity contribution in [2.24, 2.45) is 22.9 Å². The lowest BCUT2D eigenvalue weighted by Gasteiger charge is -2.43. The van der Waals surface area contributed by atoms with Gasteiger partial charge in [-0.2, -0.15) is 0 Å². The van der Waals surface area contributed by atoms with Crippen LogP contribution in [0.5, 0.6) is 0 Å². The van der Waals surface area contributed by atoms with Crippen molar-refractivity contribution in [2.45, 2.75) is 82.2 Å². The minimum atomic E-state index is -1.06. The lowest BCUT2D eigenvalue weighted by molar-refractivity contribution is -0.160. The number of fused-ring (bicyclic) bond motifs is 1. The molecule has 6 atom stereocenters. The number of oxime groups is 1. The van der Waals surface area contributed by atoms with E-state index in [0.29, 0.717) is 17.8 Å². The number of carboxylic acids is 1. The molecule has 0 unspecified atom stereocenters. The van der Waals surface area contributed by atoms with Crippen LogP contribution in [-0.2, 0) is 19.2 Å². The van der Waals surface area contributed by atoms with E-state index < -0.39 is 40.0 Å². The number of thiazole rings is 1. The number of thioether (sulfide) groups is 1. The van der Waals surface area contributed by atoms with Crippen LogP contribution in [0.4, 0.5) is 5.13 Å². The van der Waals surface area contributed by atoms with E-state index in [0.717, 1.165) is 19.3 Å². The SMILES string of the molecule is CC(C)[C@H]1CC[C@H](C)C[C@H]1ON=C(C(=O)N[C@@H]1C(=O)N2[C@@H]1SC(C)(C)[C@@H]2C(=O)O)c1csc(N)n1. The number of carbonyl (C=O) groups excluding carboxylic acids is 2. The molecule has 4 rings (SSSR count). The van der Waals surface area contributed by atoms with Crippen LogP contribution in [0.2, 0.25) is 0 Å². The second kappa shape index (κ2) is 9.61. The van der Waals surface area contributed by atoms with Gasteiger partial charge in [-0.3, -0.25) is 9.59 Å². The first-order valence-electron chi connectivity index (χ1n) is 11.9. The van der Waals surface area contributed by atoms with Crippen LogP contribution >= 0.6 is 23.1 Å². The first kappa shape index (κ1) is 25.7. The Kier molecular flexibility index (Phi) is 7.07. The fourth-order valence-electron chi connectivity index (χ4n) is 5.31. The summed E-state index contributed by atoms with van der Waals surface area (Å²) in [6.07, 6.45) is 2.90. The molecule has 4 N–H and O–H groups in total. The van der Waals surface area contributed by atoms with Crippen molar-refractivity contribution < 1.29 is 24.3 Å². The third-order valence-electron chi connectivity index (χ3n) is 7.18. The van der Waals surface area contributed by atoms with Gasteiger partial charge in [0.05, 0.1) is 0 Å². The summed E-state index contributed by atoms with van der Waals surface area (Å²) in [7, 11) is 0. The van der Waals surface area contributed by atoms with Crippen LogP contribution in [0.15, 0.2) is 10.5 Å². The molecule has 1 saturated carbocycles. The average molecular weight is 524 g/mol. The maximum atomic E-state index is 13.3. The molecule has 0 bridgehead atoms. The number of carboxylic acid groups (broad SMARTS) is 1. The number of hydrogen-bond donors (Lipinski definition) is 3. The number of nitrogens with zero attached hydrogens (tertiary/aromatic N) is 3. The topological polar surface area (TPSA) is 147 Å². The Bertz CT molecular complexity index is 1040. The molecule has 192 valence electrons. The van der Waals surface area contributed by atoms with E-state index in [1.807, 2.05) is 0 Å². The molecule has 2 aliphatic heterocycles. The average Bonchev–Trinajstić information content (AvgIpc) is 3.30. The minimum Gasteiger partial charge on any atom is -0.480 e. The zero-order valence-corrected chi connectivity index (χ0v) is 22.2. The summed E-state index contributed by atoms with van der Waals surface area (Å²) >= 11 is 2.55. The predicted octanol–water partition coefficient (Wildman–Crippen LogP) is 2.54. The first-order valence-corrected chi connectivity index (χ1v) is 13.7. The number of nitrogen functional groups attached to an aromatic ring is 1. The van der Waals surface area contributed by atoms with Gasteiger partial charge in [-0.25, -0.2) is 9.78 Å². The zero-order chi connectivity index (χ0) is 25.7. The van der Waals surface area contributed by atoms with Gasteiger partial charge in [-0.1, -0.05) is 32.3 Å². The third kappa shape index (κ3) is 4.87. The Labute approximate surface area is 213 Å². The molecule has 3 heterocycles. The molecule has 1 aromatic heterocycles. The van der Waals surface area contributed by atoms with E-state index >= 15 is 0 Å². The van der Waals surface area contributed by atoms with Gasteiger partial charge in [0.2, 0.25) is 5.91 Å². The van der Waals surface area contributed by atoms with Crippen molar-refractivity contribution in [3.63, 3.8) is 0 Å². The summed E-state index contributed by atoms with van der Waals surface area (Å²) in [5, 5.41) is 18.1. The minimum absolute atomic E-state index is 0.0398. The summed E-state index contributed by atoms with van der Waals surface area (Å²) in [5.74, 6) is -0.840. The molecule has 12 heteroatoms. The Hall–Kier alpha value is -2.34. The van der Waals surface area contributed by atoms with Gasteiger partial charge >= 0.3 is 5.97 Å². The molecule has 2 saturated heterocycles. The third-order valence-corrected chi connectivity index (χ3v) is 9.43. The summed E-state index contributed by atoms with van der Waals surface area (Å²) in [5.41, 5.74) is 6.04. The molecule has 1 aromatic rings. The second-order valence-corrected chi connectivity index (χ2v) is 13.2. The van der Waals surface area contributed by atoms with Crippen LogP contribution in [0, 0.1) is 17.8 Å². The van der Waals surface area contributed by atoms with Gasteiger partial charge in [0.15, 0.2) is 10.8 Å². The van der Waals surface area contributed by atoms with E-state index in [1.54, 1.807) is 19.2 Å². The molecular formula is C23H33N5O5S2. The van der Waals surface area contributed by atoms with Crippen molar-refractivity contribution in [2.75, 3.05) is 5.73 Å². The number of hydrogen-bond acceptors (Lipinski definition) is 9. The number of nitrogens with one attached hydrogen (secondary N) is 1. The van der Waals surface area contributed by atoms with Crippen molar-refractivity contribution in [3.05, 3.63) is 11.1 Å². The lowest BCUT2D eigenvalue weighted by atomic mass is 9.75. The number of nitrogens with two attached hydrogens (primary N) is 1. The van der Waals surface area contributed by atoms with Crippen LogP contribution in [-0.4, -0.2) is 66.8 Å². The molecule has 0 radical (unpaired) electrons. The number of amides is 2. The van der Waals surface area contributed by atoms with Gasteiger partial charge in [-0.05, 0) is 38.5 Å². The lowest BCUT2D eigenvalue weighted by Crippen LogP contribution is -2.71. The van der Waals surface area contributed by atoms with E-state index in [4.69, 9.17) is 10.6 Å². The Balaban J connectivity index is 1.54. The maximum Gasteiger partial charge on any atom is 0.327 e. The predicted molar refractivity (Wildman–Crippen MR) is 135 cm³/mol. The molecule has 0 aromatic carbocycles. The number of carbonyl (C=O) groups is 3. The Morgan fingerprint density at radius 1 is 1.37 bits per heavy atom. The van der Waals surface area contributed by atoms with Crippen molar-refractivity contribution in [3.8, 4) is 0 Å².